The summed E-state index contributed by atoms with van der Waals surface area (Å²) in [6.07, 6.45) is 8.90. The number of pyridine rings is 1. The van der Waals surface area contributed by atoms with E-state index >= 15 is 0 Å². The largest absolute Gasteiger partial charge is 0.349 e. The lowest BCUT2D eigenvalue weighted by molar-refractivity contribution is 0.0827. The first-order chi connectivity index (χ1) is 22.7. The second kappa shape index (κ2) is 12.3. The fourth-order valence-corrected chi connectivity index (χ4v) is 7.53. The van der Waals surface area contributed by atoms with Crippen molar-refractivity contribution in [1.29, 1.82) is 0 Å². The summed E-state index contributed by atoms with van der Waals surface area (Å²) in [6, 6.07) is 22.7. The molecule has 0 atom stereocenters. The number of aromatic nitrogens is 4. The van der Waals surface area contributed by atoms with Crippen LogP contribution >= 0.6 is 0 Å². The van der Waals surface area contributed by atoms with Crippen molar-refractivity contribution in [3.05, 3.63) is 126 Å². The summed E-state index contributed by atoms with van der Waals surface area (Å²) in [5, 5.41) is 0.711. The molecule has 0 unspecified atom stereocenters. The molecule has 10 heteroatoms. The molecule has 0 saturated heterocycles. The number of H-pyrrole nitrogens is 1. The van der Waals surface area contributed by atoms with Gasteiger partial charge in [-0.1, -0.05) is 42.0 Å². The highest BCUT2D eigenvalue weighted by molar-refractivity contribution is 7.90. The molecular formula is C37H36N6O3S. The molecule has 1 N–H and O–H groups in total. The second-order valence-electron chi connectivity index (χ2n) is 12.3. The minimum atomic E-state index is -3.94. The van der Waals surface area contributed by atoms with E-state index < -0.39 is 10.0 Å². The molecule has 1 aliphatic heterocycles. The molecule has 3 aromatic carbocycles. The summed E-state index contributed by atoms with van der Waals surface area (Å²) in [6.45, 7) is 4.71. The Labute approximate surface area is 274 Å². The SMILES string of the molecule is Cc1ccc(S(=O)(=O)n2cc(-c3ccc(C(=O)N(C)C)cc3)c3cc(-c4ccc5c(c4)CN(CCc4ncc[nH]4)CC5)cnc32)cc1. The third-order valence-corrected chi connectivity index (χ3v) is 10.6. The molecule has 6 aromatic rings. The summed E-state index contributed by atoms with van der Waals surface area (Å²) in [5.74, 6) is 0.895. The molecule has 0 aliphatic carbocycles. The van der Waals surface area contributed by atoms with Crippen molar-refractivity contribution in [3.63, 3.8) is 0 Å². The number of fused-ring (bicyclic) bond motifs is 2. The average Bonchev–Trinajstić information content (AvgIpc) is 3.75. The molecule has 238 valence electrons. The average molecular weight is 645 g/mol. The van der Waals surface area contributed by atoms with Crippen LogP contribution in [0.15, 0.2) is 102 Å². The van der Waals surface area contributed by atoms with E-state index in [-0.39, 0.29) is 10.8 Å². The number of nitrogens with one attached hydrogen (secondary N) is 1. The summed E-state index contributed by atoms with van der Waals surface area (Å²) >= 11 is 0. The van der Waals surface area contributed by atoms with Crippen molar-refractivity contribution in [2.75, 3.05) is 27.2 Å². The molecule has 0 radical (unpaired) electrons. The van der Waals surface area contributed by atoms with Gasteiger partial charge in [0.1, 0.15) is 5.82 Å². The number of imidazole rings is 1. The first-order valence-electron chi connectivity index (χ1n) is 15.7. The van der Waals surface area contributed by atoms with Crippen LogP contribution in [-0.4, -0.2) is 70.2 Å². The zero-order valence-electron chi connectivity index (χ0n) is 26.6. The number of hydrogen-bond donors (Lipinski definition) is 1. The number of hydrogen-bond acceptors (Lipinski definition) is 6. The third kappa shape index (κ3) is 5.97. The first-order valence-corrected chi connectivity index (χ1v) is 17.1. The Morgan fingerprint density at radius 1 is 0.915 bits per heavy atom. The molecule has 47 heavy (non-hydrogen) atoms. The molecule has 3 aromatic heterocycles. The summed E-state index contributed by atoms with van der Waals surface area (Å²) in [5.41, 5.74) is 7.95. The van der Waals surface area contributed by atoms with Crippen molar-refractivity contribution >= 4 is 27.0 Å². The molecule has 0 spiro atoms. The van der Waals surface area contributed by atoms with Crippen LogP contribution < -0.4 is 0 Å². The molecule has 1 amide bonds. The minimum absolute atomic E-state index is 0.100. The van der Waals surface area contributed by atoms with Gasteiger partial charge in [0.2, 0.25) is 0 Å². The van der Waals surface area contributed by atoms with Gasteiger partial charge in [-0.05, 0) is 72.0 Å². The van der Waals surface area contributed by atoms with Gasteiger partial charge in [-0.3, -0.25) is 9.69 Å². The van der Waals surface area contributed by atoms with Crippen LogP contribution in [0.1, 0.15) is 32.9 Å². The van der Waals surface area contributed by atoms with Crippen LogP contribution in [0.2, 0.25) is 0 Å². The zero-order valence-corrected chi connectivity index (χ0v) is 27.5. The Morgan fingerprint density at radius 2 is 1.68 bits per heavy atom. The predicted octanol–water partition coefficient (Wildman–Crippen LogP) is 5.94. The van der Waals surface area contributed by atoms with E-state index in [4.69, 9.17) is 4.98 Å². The number of carbonyl (C=O) groups excluding carboxylic acids is 1. The zero-order chi connectivity index (χ0) is 32.7. The highest BCUT2D eigenvalue weighted by atomic mass is 32.2. The van der Waals surface area contributed by atoms with E-state index in [1.165, 1.54) is 20.0 Å². The van der Waals surface area contributed by atoms with E-state index in [1.54, 1.807) is 69.1 Å². The van der Waals surface area contributed by atoms with Gasteiger partial charge in [0.15, 0.2) is 5.65 Å². The van der Waals surface area contributed by atoms with Gasteiger partial charge >= 0.3 is 0 Å². The topological polar surface area (TPSA) is 104 Å². The smallest absolute Gasteiger partial charge is 0.269 e. The van der Waals surface area contributed by atoms with Crippen molar-refractivity contribution in [2.45, 2.75) is 31.2 Å². The first kappa shape index (κ1) is 30.6. The van der Waals surface area contributed by atoms with Gasteiger partial charge in [0.25, 0.3) is 15.9 Å². The van der Waals surface area contributed by atoms with Crippen LogP contribution in [-0.2, 0) is 29.4 Å². The lowest BCUT2D eigenvalue weighted by Crippen LogP contribution is -2.32. The molecular weight excluding hydrogens is 609 g/mol. The number of benzene rings is 3. The van der Waals surface area contributed by atoms with Crippen molar-refractivity contribution < 1.29 is 13.2 Å². The van der Waals surface area contributed by atoms with E-state index in [9.17, 15) is 13.2 Å². The lowest BCUT2D eigenvalue weighted by atomic mass is 9.94. The summed E-state index contributed by atoms with van der Waals surface area (Å²) in [4.78, 5) is 29.1. The number of rotatable bonds is 8. The number of aromatic amines is 1. The van der Waals surface area contributed by atoms with Gasteiger partial charge in [-0.25, -0.2) is 22.4 Å². The summed E-state index contributed by atoms with van der Waals surface area (Å²) in [7, 11) is -0.510. The number of nitrogens with zero attached hydrogens (tertiary/aromatic N) is 5. The van der Waals surface area contributed by atoms with Gasteiger partial charge < -0.3 is 9.88 Å². The molecule has 4 heterocycles. The maximum atomic E-state index is 14.0. The Morgan fingerprint density at radius 3 is 2.40 bits per heavy atom. The Hall–Kier alpha value is -5.06. The molecule has 0 fully saturated rings. The normalized spacial score (nSPS) is 13.5. The second-order valence-corrected chi connectivity index (χ2v) is 14.1. The number of carbonyl (C=O) groups is 1. The fourth-order valence-electron chi connectivity index (χ4n) is 6.21. The van der Waals surface area contributed by atoms with Gasteiger partial charge in [0, 0.05) is 87.0 Å². The molecule has 0 bridgehead atoms. The highest BCUT2D eigenvalue weighted by Gasteiger charge is 2.24. The van der Waals surface area contributed by atoms with Gasteiger partial charge in [0.05, 0.1) is 4.90 Å². The van der Waals surface area contributed by atoms with Crippen molar-refractivity contribution in [2.24, 2.45) is 0 Å². The van der Waals surface area contributed by atoms with E-state index in [1.807, 2.05) is 31.3 Å². The van der Waals surface area contributed by atoms with E-state index in [2.05, 4.69) is 33.1 Å². The van der Waals surface area contributed by atoms with Crippen molar-refractivity contribution in [3.8, 4) is 22.3 Å². The summed E-state index contributed by atoms with van der Waals surface area (Å²) < 4.78 is 29.2. The van der Waals surface area contributed by atoms with Crippen LogP contribution in [0.5, 0.6) is 0 Å². The molecule has 9 nitrogen and oxygen atoms in total. The number of amides is 1. The predicted molar refractivity (Wildman–Crippen MR) is 184 cm³/mol. The van der Waals surface area contributed by atoms with E-state index in [0.29, 0.717) is 16.6 Å². The number of aryl methyl sites for hydroxylation is 1. The Bertz CT molecular complexity index is 2190. The quantitative estimate of drug-likeness (QED) is 0.220. The standard InChI is InChI=1S/C37H36N6O3S/c1-25-4-12-32(13-5-25)47(45,46)43-24-34(27-7-9-28(10-8-27)37(44)41(2)3)33-21-30(22-40-36(33)43)29-11-6-26-14-18-42(23-31(26)20-29)19-15-35-38-16-17-39-35/h4-13,16-17,20-22,24H,14-15,18-19,23H2,1-3H3,(H,38,39). The fraction of sp³-hybridized carbons (Fsp3) is 0.216. The molecule has 1 aliphatic rings. The maximum Gasteiger partial charge on any atom is 0.269 e. The Kier molecular flexibility index (Phi) is 7.99. The van der Waals surface area contributed by atoms with E-state index in [0.717, 1.165) is 66.1 Å². The maximum absolute atomic E-state index is 14.0. The molecule has 0 saturated carbocycles. The van der Waals surface area contributed by atoms with Gasteiger partial charge in [-0.2, -0.15) is 0 Å². The third-order valence-electron chi connectivity index (χ3n) is 8.89. The van der Waals surface area contributed by atoms with Crippen LogP contribution in [0.3, 0.4) is 0 Å². The van der Waals surface area contributed by atoms with Crippen molar-refractivity contribution in [1.82, 2.24) is 28.7 Å². The molecule has 7 rings (SSSR count). The van der Waals surface area contributed by atoms with Crippen LogP contribution in [0, 0.1) is 6.92 Å². The minimum Gasteiger partial charge on any atom is -0.349 e. The monoisotopic (exact) mass is 644 g/mol. The Balaban J connectivity index is 1.28. The van der Waals surface area contributed by atoms with Crippen LogP contribution in [0.25, 0.3) is 33.3 Å². The highest BCUT2D eigenvalue weighted by Crippen LogP contribution is 2.36. The lowest BCUT2D eigenvalue weighted by Gasteiger charge is -2.29. The van der Waals surface area contributed by atoms with Crippen LogP contribution in [0.4, 0.5) is 0 Å². The van der Waals surface area contributed by atoms with Gasteiger partial charge in [-0.15, -0.1) is 0 Å².